The Bertz CT molecular complexity index is 528. The summed E-state index contributed by atoms with van der Waals surface area (Å²) in [6.07, 6.45) is 0.00799. The third-order valence-corrected chi connectivity index (χ3v) is 5.13. The summed E-state index contributed by atoms with van der Waals surface area (Å²) in [4.78, 5) is 22.0. The molecule has 1 unspecified atom stereocenters. The minimum atomic E-state index is -4.04. The SMILES string of the molecule is CCN(CCC#N)S(=O)(=O)N(CCNC(C)=O)C(C)C(=O)O. The zero-order valence-corrected chi connectivity index (χ0v) is 13.8. The average molecular weight is 334 g/mol. The van der Waals surface area contributed by atoms with Gasteiger partial charge in [0.2, 0.25) is 5.91 Å². The molecule has 0 aromatic carbocycles. The van der Waals surface area contributed by atoms with Crippen LogP contribution in [0.5, 0.6) is 0 Å². The molecule has 0 heterocycles. The molecular formula is C12H22N4O5S. The largest absolute Gasteiger partial charge is 0.480 e. The first kappa shape index (κ1) is 20.3. The highest BCUT2D eigenvalue weighted by atomic mass is 32.2. The lowest BCUT2D eigenvalue weighted by Gasteiger charge is -2.31. The highest BCUT2D eigenvalue weighted by molar-refractivity contribution is 7.86. The summed E-state index contributed by atoms with van der Waals surface area (Å²) in [5.74, 6) is -1.63. The van der Waals surface area contributed by atoms with E-state index in [0.29, 0.717) is 0 Å². The molecule has 1 amide bonds. The van der Waals surface area contributed by atoms with Gasteiger partial charge in [-0.1, -0.05) is 6.92 Å². The molecule has 9 nitrogen and oxygen atoms in total. The monoisotopic (exact) mass is 334 g/mol. The van der Waals surface area contributed by atoms with Crippen molar-refractivity contribution in [2.24, 2.45) is 0 Å². The first-order chi connectivity index (χ1) is 10.2. The molecule has 0 saturated heterocycles. The van der Waals surface area contributed by atoms with Crippen molar-refractivity contribution in [2.75, 3.05) is 26.2 Å². The molecule has 0 spiro atoms. The quantitative estimate of drug-likeness (QED) is 0.547. The van der Waals surface area contributed by atoms with Crippen molar-refractivity contribution in [3.05, 3.63) is 0 Å². The van der Waals surface area contributed by atoms with Gasteiger partial charge < -0.3 is 10.4 Å². The van der Waals surface area contributed by atoms with Crippen LogP contribution in [0.25, 0.3) is 0 Å². The molecule has 0 bridgehead atoms. The maximum Gasteiger partial charge on any atom is 0.321 e. The van der Waals surface area contributed by atoms with Gasteiger partial charge in [0.15, 0.2) is 0 Å². The van der Waals surface area contributed by atoms with Gasteiger partial charge in [-0.3, -0.25) is 9.59 Å². The number of nitrogens with one attached hydrogen (secondary N) is 1. The lowest BCUT2D eigenvalue weighted by molar-refractivity contribution is -0.140. The van der Waals surface area contributed by atoms with E-state index in [0.717, 1.165) is 8.61 Å². The molecule has 2 N–H and O–H groups in total. The second-order valence-electron chi connectivity index (χ2n) is 4.52. The second kappa shape index (κ2) is 9.34. The van der Waals surface area contributed by atoms with Crippen LogP contribution >= 0.6 is 0 Å². The van der Waals surface area contributed by atoms with E-state index in [1.807, 2.05) is 6.07 Å². The van der Waals surface area contributed by atoms with Crippen molar-refractivity contribution in [1.82, 2.24) is 13.9 Å². The number of carboxylic acid groups (broad SMARTS) is 1. The lowest BCUT2D eigenvalue weighted by atomic mass is 10.3. The predicted octanol–water partition coefficient (Wildman–Crippen LogP) is -0.622. The fourth-order valence-electron chi connectivity index (χ4n) is 1.73. The summed E-state index contributed by atoms with van der Waals surface area (Å²) in [5.41, 5.74) is 0. The molecular weight excluding hydrogens is 312 g/mol. The standard InChI is InChI=1S/C12H22N4O5S/c1-4-15(8-5-6-13)22(20,21)16(10(2)12(18)19)9-7-14-11(3)17/h10H,4-5,7-9H2,1-3H3,(H,14,17)(H,18,19). The number of amides is 1. The van der Waals surface area contributed by atoms with E-state index in [-0.39, 0.29) is 38.5 Å². The van der Waals surface area contributed by atoms with Gasteiger partial charge in [0.25, 0.3) is 10.2 Å². The third-order valence-electron chi connectivity index (χ3n) is 2.94. The smallest absolute Gasteiger partial charge is 0.321 e. The molecule has 0 aliphatic rings. The number of carboxylic acids is 1. The van der Waals surface area contributed by atoms with Crippen LogP contribution in [0.4, 0.5) is 0 Å². The van der Waals surface area contributed by atoms with E-state index < -0.39 is 22.2 Å². The first-order valence-corrected chi connectivity index (χ1v) is 8.19. The van der Waals surface area contributed by atoms with Crippen molar-refractivity contribution >= 4 is 22.1 Å². The molecule has 0 aliphatic heterocycles. The van der Waals surface area contributed by atoms with E-state index >= 15 is 0 Å². The van der Waals surface area contributed by atoms with Crippen molar-refractivity contribution in [3.63, 3.8) is 0 Å². The molecule has 0 fully saturated rings. The van der Waals surface area contributed by atoms with E-state index in [1.54, 1.807) is 6.92 Å². The second-order valence-corrected chi connectivity index (χ2v) is 6.40. The van der Waals surface area contributed by atoms with Gasteiger partial charge in [0, 0.05) is 39.5 Å². The maximum atomic E-state index is 12.6. The summed E-state index contributed by atoms with van der Waals surface area (Å²) in [7, 11) is -4.04. The zero-order valence-electron chi connectivity index (χ0n) is 12.9. The normalized spacial score (nSPS) is 12.9. The van der Waals surface area contributed by atoms with Gasteiger partial charge in [-0.15, -0.1) is 0 Å². The Hall–Kier alpha value is -1.70. The maximum absolute atomic E-state index is 12.6. The fraction of sp³-hybridized carbons (Fsp3) is 0.750. The Morgan fingerprint density at radius 2 is 1.95 bits per heavy atom. The van der Waals surface area contributed by atoms with Crippen LogP contribution in [0, 0.1) is 11.3 Å². The molecule has 0 rings (SSSR count). The van der Waals surface area contributed by atoms with E-state index in [9.17, 15) is 18.0 Å². The molecule has 22 heavy (non-hydrogen) atoms. The zero-order chi connectivity index (χ0) is 17.3. The Morgan fingerprint density at radius 1 is 1.36 bits per heavy atom. The Morgan fingerprint density at radius 3 is 2.36 bits per heavy atom. The minimum Gasteiger partial charge on any atom is -0.480 e. The number of hydrogen-bond acceptors (Lipinski definition) is 5. The van der Waals surface area contributed by atoms with Crippen molar-refractivity contribution < 1.29 is 23.1 Å². The molecule has 0 radical (unpaired) electrons. The molecule has 0 aliphatic carbocycles. The van der Waals surface area contributed by atoms with Gasteiger partial charge in [-0.05, 0) is 6.92 Å². The Kier molecular flexibility index (Phi) is 8.62. The Balaban J connectivity index is 5.30. The van der Waals surface area contributed by atoms with Gasteiger partial charge in [0.05, 0.1) is 6.07 Å². The summed E-state index contributed by atoms with van der Waals surface area (Å²) < 4.78 is 27.0. The fourth-order valence-corrected chi connectivity index (χ4v) is 3.49. The van der Waals surface area contributed by atoms with Gasteiger partial charge in [0.1, 0.15) is 6.04 Å². The van der Waals surface area contributed by atoms with Crippen LogP contribution < -0.4 is 5.32 Å². The third kappa shape index (κ3) is 5.97. The van der Waals surface area contributed by atoms with Crippen LogP contribution in [-0.2, 0) is 19.8 Å². The highest BCUT2D eigenvalue weighted by Gasteiger charge is 2.35. The summed E-state index contributed by atoms with van der Waals surface area (Å²) in [6.45, 7) is 4.08. The summed E-state index contributed by atoms with van der Waals surface area (Å²) in [5, 5.41) is 20.1. The number of aliphatic carboxylic acids is 1. The van der Waals surface area contributed by atoms with Gasteiger partial charge in [-0.2, -0.15) is 22.3 Å². The molecule has 10 heteroatoms. The summed E-state index contributed by atoms with van der Waals surface area (Å²) >= 11 is 0. The van der Waals surface area contributed by atoms with Crippen molar-refractivity contribution in [1.29, 1.82) is 5.26 Å². The van der Waals surface area contributed by atoms with E-state index in [4.69, 9.17) is 10.4 Å². The average Bonchev–Trinajstić information content (AvgIpc) is 2.42. The van der Waals surface area contributed by atoms with Crippen LogP contribution in [0.3, 0.4) is 0 Å². The highest BCUT2D eigenvalue weighted by Crippen LogP contribution is 2.13. The molecule has 0 aromatic rings. The number of nitriles is 1. The predicted molar refractivity (Wildman–Crippen MR) is 78.9 cm³/mol. The van der Waals surface area contributed by atoms with E-state index in [2.05, 4.69) is 5.32 Å². The summed E-state index contributed by atoms with van der Waals surface area (Å²) in [6, 6.07) is 0.573. The van der Waals surface area contributed by atoms with Crippen LogP contribution in [0.2, 0.25) is 0 Å². The number of nitrogens with zero attached hydrogens (tertiary/aromatic N) is 3. The molecule has 1 atom stereocenters. The number of rotatable bonds is 10. The van der Waals surface area contributed by atoms with Gasteiger partial charge in [-0.25, -0.2) is 0 Å². The van der Waals surface area contributed by atoms with Crippen LogP contribution in [0.15, 0.2) is 0 Å². The molecule has 0 saturated carbocycles. The Labute approximate surface area is 130 Å². The number of carbonyl (C=O) groups excluding carboxylic acids is 1. The number of carbonyl (C=O) groups is 2. The number of hydrogen-bond donors (Lipinski definition) is 2. The van der Waals surface area contributed by atoms with Crippen molar-refractivity contribution in [3.8, 4) is 6.07 Å². The van der Waals surface area contributed by atoms with Crippen molar-refractivity contribution in [2.45, 2.75) is 33.2 Å². The van der Waals surface area contributed by atoms with Gasteiger partial charge >= 0.3 is 5.97 Å². The van der Waals surface area contributed by atoms with Crippen LogP contribution in [-0.4, -0.2) is 66.2 Å². The first-order valence-electron chi connectivity index (χ1n) is 6.79. The lowest BCUT2D eigenvalue weighted by Crippen LogP contribution is -2.52. The molecule has 0 aromatic heterocycles. The topological polar surface area (TPSA) is 131 Å². The molecule has 126 valence electrons. The van der Waals surface area contributed by atoms with E-state index in [1.165, 1.54) is 13.8 Å². The minimum absolute atomic E-state index is 0.00197. The van der Waals surface area contributed by atoms with Crippen LogP contribution in [0.1, 0.15) is 27.2 Å².